The number of hydrogen-bond acceptors (Lipinski definition) is 6. The van der Waals surface area contributed by atoms with Crippen molar-refractivity contribution in [3.05, 3.63) is 59.7 Å². The number of esters is 2. The Kier molecular flexibility index (Phi) is 8.58. The Bertz CT molecular complexity index is 1020. The predicted molar refractivity (Wildman–Crippen MR) is 145 cm³/mol. The van der Waals surface area contributed by atoms with Crippen LogP contribution in [0, 0.1) is 0 Å². The summed E-state index contributed by atoms with van der Waals surface area (Å²) in [5.41, 5.74) is 1.49. The lowest BCUT2D eigenvalue weighted by molar-refractivity contribution is -0.152. The SMILES string of the molecule is CC(C)(C)OC(=O)CSCc1c2ccccc2c(CSCC(=O)OC(C)(C)C)c2ccccc12. The molecule has 3 aromatic carbocycles. The maximum absolute atomic E-state index is 12.2. The highest BCUT2D eigenvalue weighted by atomic mass is 32.2. The van der Waals surface area contributed by atoms with Crippen molar-refractivity contribution in [1.82, 2.24) is 0 Å². The van der Waals surface area contributed by atoms with E-state index in [-0.39, 0.29) is 11.9 Å². The molecule has 0 aromatic heterocycles. The van der Waals surface area contributed by atoms with Gasteiger partial charge in [-0.2, -0.15) is 0 Å². The van der Waals surface area contributed by atoms with Crippen molar-refractivity contribution in [1.29, 1.82) is 0 Å². The van der Waals surface area contributed by atoms with Crippen LogP contribution in [0.15, 0.2) is 48.5 Å². The zero-order chi connectivity index (χ0) is 24.9. The van der Waals surface area contributed by atoms with Gasteiger partial charge in [0, 0.05) is 11.5 Å². The van der Waals surface area contributed by atoms with Gasteiger partial charge in [-0.15, -0.1) is 23.5 Å². The highest BCUT2D eigenvalue weighted by molar-refractivity contribution is 7.99. The van der Waals surface area contributed by atoms with Crippen LogP contribution in [-0.4, -0.2) is 34.6 Å². The molecular formula is C28H34O4S2. The quantitative estimate of drug-likeness (QED) is 0.243. The second-order valence-corrected chi connectivity index (χ2v) is 12.2. The highest BCUT2D eigenvalue weighted by Crippen LogP contribution is 2.37. The van der Waals surface area contributed by atoms with Crippen molar-refractivity contribution in [3.8, 4) is 0 Å². The molecular weight excluding hydrogens is 464 g/mol. The number of carbonyl (C=O) groups is 2. The molecule has 0 aliphatic rings. The van der Waals surface area contributed by atoms with Crippen molar-refractivity contribution >= 4 is 57.0 Å². The molecule has 0 N–H and O–H groups in total. The Morgan fingerprint density at radius 1 is 0.618 bits per heavy atom. The van der Waals surface area contributed by atoms with Crippen molar-refractivity contribution in [2.45, 2.75) is 64.3 Å². The molecule has 34 heavy (non-hydrogen) atoms. The third kappa shape index (κ3) is 7.41. The van der Waals surface area contributed by atoms with Gasteiger partial charge >= 0.3 is 11.9 Å². The molecule has 0 saturated heterocycles. The summed E-state index contributed by atoms with van der Waals surface area (Å²) in [6, 6.07) is 16.8. The van der Waals surface area contributed by atoms with Crippen molar-refractivity contribution < 1.29 is 19.1 Å². The Hall–Kier alpha value is -2.18. The molecule has 6 heteroatoms. The number of fused-ring (bicyclic) bond motifs is 2. The summed E-state index contributed by atoms with van der Waals surface area (Å²) in [4.78, 5) is 24.4. The van der Waals surface area contributed by atoms with E-state index in [2.05, 4.69) is 48.5 Å². The monoisotopic (exact) mass is 498 g/mol. The zero-order valence-electron chi connectivity index (χ0n) is 20.9. The average molecular weight is 499 g/mol. The summed E-state index contributed by atoms with van der Waals surface area (Å²) >= 11 is 3.15. The van der Waals surface area contributed by atoms with Crippen LogP contribution >= 0.6 is 23.5 Å². The molecule has 0 spiro atoms. The third-order valence-corrected chi connectivity index (χ3v) is 6.79. The number of ether oxygens (including phenoxy) is 2. The number of carbonyl (C=O) groups excluding carboxylic acids is 2. The number of benzene rings is 3. The van der Waals surface area contributed by atoms with E-state index in [4.69, 9.17) is 9.47 Å². The predicted octanol–water partition coefficient (Wildman–Crippen LogP) is 7.14. The van der Waals surface area contributed by atoms with E-state index in [1.807, 2.05) is 41.5 Å². The number of hydrogen-bond donors (Lipinski definition) is 0. The van der Waals surface area contributed by atoms with Gasteiger partial charge in [-0.25, -0.2) is 0 Å². The highest BCUT2D eigenvalue weighted by Gasteiger charge is 2.19. The maximum Gasteiger partial charge on any atom is 0.316 e. The van der Waals surface area contributed by atoms with Crippen LogP contribution in [0.2, 0.25) is 0 Å². The molecule has 0 fully saturated rings. The molecule has 0 saturated carbocycles. The Labute approximate surface area is 211 Å². The first kappa shape index (κ1) is 26.4. The molecule has 0 unspecified atom stereocenters. The molecule has 0 heterocycles. The minimum absolute atomic E-state index is 0.193. The first-order valence-electron chi connectivity index (χ1n) is 11.4. The summed E-state index contributed by atoms with van der Waals surface area (Å²) in [6.45, 7) is 11.3. The number of thioether (sulfide) groups is 2. The lowest BCUT2D eigenvalue weighted by atomic mass is 9.93. The van der Waals surface area contributed by atoms with Gasteiger partial charge in [-0.1, -0.05) is 48.5 Å². The van der Waals surface area contributed by atoms with E-state index < -0.39 is 11.2 Å². The molecule has 0 bridgehead atoms. The second kappa shape index (κ2) is 11.0. The Morgan fingerprint density at radius 2 is 0.912 bits per heavy atom. The van der Waals surface area contributed by atoms with Gasteiger partial charge in [0.1, 0.15) is 11.2 Å². The fourth-order valence-electron chi connectivity index (χ4n) is 3.83. The van der Waals surface area contributed by atoms with Crippen LogP contribution in [0.25, 0.3) is 21.5 Å². The lowest BCUT2D eigenvalue weighted by Crippen LogP contribution is -2.25. The molecule has 182 valence electrons. The molecule has 4 nitrogen and oxygen atoms in total. The summed E-state index contributed by atoms with van der Waals surface area (Å²) in [5, 5.41) is 4.74. The Balaban J connectivity index is 1.86. The standard InChI is InChI=1S/C28H34O4S2/c1-27(2,3)31-25(29)17-33-15-23-19-11-7-9-13-21(19)24(22-14-10-8-12-20(22)23)16-34-18-26(30)32-28(4,5)6/h7-14H,15-18H2,1-6H3. The van der Waals surface area contributed by atoms with E-state index in [0.717, 1.165) is 0 Å². The fraction of sp³-hybridized carbons (Fsp3) is 0.429. The molecule has 0 aliphatic heterocycles. The van der Waals surface area contributed by atoms with Gasteiger partial charge < -0.3 is 9.47 Å². The van der Waals surface area contributed by atoms with Crippen LogP contribution in [0.5, 0.6) is 0 Å². The summed E-state index contributed by atoms with van der Waals surface area (Å²) < 4.78 is 10.9. The van der Waals surface area contributed by atoms with Crippen molar-refractivity contribution in [2.75, 3.05) is 11.5 Å². The first-order chi connectivity index (χ1) is 15.9. The van der Waals surface area contributed by atoms with Crippen molar-refractivity contribution in [2.24, 2.45) is 0 Å². The van der Waals surface area contributed by atoms with Gasteiger partial charge in [0.15, 0.2) is 0 Å². The van der Waals surface area contributed by atoms with Crippen LogP contribution in [0.1, 0.15) is 52.7 Å². The van der Waals surface area contributed by atoms with E-state index in [1.165, 1.54) is 32.7 Å². The summed E-state index contributed by atoms with van der Waals surface area (Å²) in [5.74, 6) is 1.67. The summed E-state index contributed by atoms with van der Waals surface area (Å²) in [6.07, 6.45) is 0. The summed E-state index contributed by atoms with van der Waals surface area (Å²) in [7, 11) is 0. The molecule has 3 aromatic rings. The van der Waals surface area contributed by atoms with Gasteiger partial charge in [0.05, 0.1) is 11.5 Å². The van der Waals surface area contributed by atoms with Gasteiger partial charge in [0.25, 0.3) is 0 Å². The molecule has 0 atom stereocenters. The first-order valence-corrected chi connectivity index (χ1v) is 13.8. The van der Waals surface area contributed by atoms with Crippen molar-refractivity contribution in [3.63, 3.8) is 0 Å². The van der Waals surface area contributed by atoms with E-state index >= 15 is 0 Å². The van der Waals surface area contributed by atoms with Gasteiger partial charge in [-0.3, -0.25) is 9.59 Å². The van der Waals surface area contributed by atoms with E-state index in [0.29, 0.717) is 23.0 Å². The smallest absolute Gasteiger partial charge is 0.316 e. The van der Waals surface area contributed by atoms with Crippen LogP contribution in [0.3, 0.4) is 0 Å². The average Bonchev–Trinajstić information content (AvgIpc) is 2.72. The molecule has 0 aliphatic carbocycles. The van der Waals surface area contributed by atoms with Crippen LogP contribution in [0.4, 0.5) is 0 Å². The minimum atomic E-state index is -0.477. The second-order valence-electron chi connectivity index (χ2n) is 10.2. The van der Waals surface area contributed by atoms with Gasteiger partial charge in [-0.05, 0) is 74.2 Å². The normalized spacial score (nSPS) is 12.2. The third-order valence-electron chi connectivity index (χ3n) is 4.93. The Morgan fingerprint density at radius 3 is 1.18 bits per heavy atom. The molecule has 0 radical (unpaired) electrons. The number of rotatable bonds is 8. The zero-order valence-corrected chi connectivity index (χ0v) is 22.5. The molecule has 3 rings (SSSR count). The van der Waals surface area contributed by atoms with Crippen LogP contribution in [-0.2, 0) is 30.6 Å². The topological polar surface area (TPSA) is 52.6 Å². The minimum Gasteiger partial charge on any atom is -0.459 e. The van der Waals surface area contributed by atoms with E-state index in [9.17, 15) is 9.59 Å². The largest absolute Gasteiger partial charge is 0.459 e. The van der Waals surface area contributed by atoms with Gasteiger partial charge in [0.2, 0.25) is 0 Å². The van der Waals surface area contributed by atoms with Crippen LogP contribution < -0.4 is 0 Å². The van der Waals surface area contributed by atoms with E-state index in [1.54, 1.807) is 23.5 Å². The maximum atomic E-state index is 12.2. The molecule has 0 amide bonds. The fourth-order valence-corrected chi connectivity index (χ4v) is 5.52. The lowest BCUT2D eigenvalue weighted by Gasteiger charge is -2.20.